The molecule has 0 aromatic carbocycles. The van der Waals surface area contributed by atoms with Crippen molar-refractivity contribution in [1.29, 1.82) is 0 Å². The number of rotatable bonds is 6. The maximum absolute atomic E-state index is 10.2. The van der Waals surface area contributed by atoms with Gasteiger partial charge in [0.1, 0.15) is 12.4 Å². The zero-order valence-corrected chi connectivity index (χ0v) is 6.38. The monoisotopic (exact) mass is 142 g/mol. The number of ether oxygens (including phenoxy) is 1. The molecule has 0 spiro atoms. The fraction of sp³-hybridized carbons (Fsp3) is 0.625. The molecule has 2 nitrogen and oxygen atoms in total. The van der Waals surface area contributed by atoms with Crippen LogP contribution in [0.5, 0.6) is 0 Å². The van der Waals surface area contributed by atoms with Crippen molar-refractivity contribution in [3.63, 3.8) is 0 Å². The van der Waals surface area contributed by atoms with E-state index in [4.69, 9.17) is 4.74 Å². The third-order valence-corrected chi connectivity index (χ3v) is 1.19. The summed E-state index contributed by atoms with van der Waals surface area (Å²) >= 11 is 0. The summed E-state index contributed by atoms with van der Waals surface area (Å²) in [5, 5.41) is 0. The van der Waals surface area contributed by atoms with E-state index in [1.807, 2.05) is 6.92 Å². The third-order valence-electron chi connectivity index (χ3n) is 1.19. The Morgan fingerprint density at radius 3 is 2.80 bits per heavy atom. The third kappa shape index (κ3) is 4.27. The van der Waals surface area contributed by atoms with Crippen LogP contribution >= 0.6 is 0 Å². The first-order valence-electron chi connectivity index (χ1n) is 3.53. The van der Waals surface area contributed by atoms with E-state index in [1.54, 1.807) is 6.08 Å². The van der Waals surface area contributed by atoms with Gasteiger partial charge in [-0.3, -0.25) is 0 Å². The Labute approximate surface area is 61.9 Å². The number of carbonyl (C=O) groups is 1. The molecule has 1 unspecified atom stereocenters. The summed E-state index contributed by atoms with van der Waals surface area (Å²) in [5.74, 6) is 0. The van der Waals surface area contributed by atoms with Crippen molar-refractivity contribution in [2.75, 3.05) is 6.61 Å². The van der Waals surface area contributed by atoms with Crippen LogP contribution in [0.3, 0.4) is 0 Å². The largest absolute Gasteiger partial charge is 0.371 e. The van der Waals surface area contributed by atoms with Gasteiger partial charge in [-0.2, -0.15) is 0 Å². The van der Waals surface area contributed by atoms with Crippen molar-refractivity contribution in [3.8, 4) is 0 Å². The molecule has 0 amide bonds. The molecule has 0 aromatic heterocycles. The summed E-state index contributed by atoms with van der Waals surface area (Å²) in [6, 6.07) is 0. The van der Waals surface area contributed by atoms with Crippen LogP contribution in [0.15, 0.2) is 12.7 Å². The number of carbonyl (C=O) groups excluding carboxylic acids is 1. The lowest BCUT2D eigenvalue weighted by atomic mass is 10.2. The van der Waals surface area contributed by atoms with Gasteiger partial charge in [-0.15, -0.1) is 6.58 Å². The summed E-state index contributed by atoms with van der Waals surface area (Å²) in [5.41, 5.74) is 0. The van der Waals surface area contributed by atoms with Crippen LogP contribution in [0.25, 0.3) is 0 Å². The summed E-state index contributed by atoms with van der Waals surface area (Å²) < 4.78 is 5.08. The lowest BCUT2D eigenvalue weighted by molar-refractivity contribution is -0.118. The van der Waals surface area contributed by atoms with Gasteiger partial charge in [0.15, 0.2) is 0 Å². The van der Waals surface area contributed by atoms with Crippen LogP contribution in [0.1, 0.15) is 19.8 Å². The first kappa shape index (κ1) is 9.37. The highest BCUT2D eigenvalue weighted by molar-refractivity contribution is 5.55. The van der Waals surface area contributed by atoms with Crippen LogP contribution < -0.4 is 0 Å². The van der Waals surface area contributed by atoms with Crippen LogP contribution in [0, 0.1) is 0 Å². The number of hydrogen-bond donors (Lipinski definition) is 0. The normalized spacial score (nSPS) is 12.5. The van der Waals surface area contributed by atoms with Crippen molar-refractivity contribution < 1.29 is 9.53 Å². The summed E-state index contributed by atoms with van der Waals surface area (Å²) in [6.07, 6.45) is 3.98. The van der Waals surface area contributed by atoms with E-state index in [0.717, 1.165) is 19.1 Å². The van der Waals surface area contributed by atoms with Crippen molar-refractivity contribution in [2.45, 2.75) is 25.9 Å². The van der Waals surface area contributed by atoms with E-state index in [1.165, 1.54) is 0 Å². The average molecular weight is 142 g/mol. The number of hydrogen-bond acceptors (Lipinski definition) is 2. The topological polar surface area (TPSA) is 26.3 Å². The lowest BCUT2D eigenvalue weighted by Gasteiger charge is -2.07. The number of allylic oxidation sites excluding steroid dienone is 1. The maximum atomic E-state index is 10.2. The Kier molecular flexibility index (Phi) is 6.08. The SMILES string of the molecule is C=CCCC(C=O)OCC. The predicted molar refractivity (Wildman–Crippen MR) is 40.9 cm³/mol. The standard InChI is InChI=1S/C8H14O2/c1-3-5-6-8(7-9)10-4-2/h3,7-8H,1,4-6H2,2H3. The molecule has 0 heterocycles. The second kappa shape index (κ2) is 6.49. The molecule has 2 heteroatoms. The van der Waals surface area contributed by atoms with E-state index >= 15 is 0 Å². The first-order valence-corrected chi connectivity index (χ1v) is 3.53. The van der Waals surface area contributed by atoms with Gasteiger partial charge in [0.05, 0.1) is 0 Å². The highest BCUT2D eigenvalue weighted by Crippen LogP contribution is 1.99. The van der Waals surface area contributed by atoms with Crippen LogP contribution in [-0.2, 0) is 9.53 Å². The van der Waals surface area contributed by atoms with Crippen molar-refractivity contribution >= 4 is 6.29 Å². The molecule has 0 aromatic rings. The van der Waals surface area contributed by atoms with Crippen LogP contribution in [-0.4, -0.2) is 19.0 Å². The molecule has 0 bridgehead atoms. The first-order chi connectivity index (χ1) is 4.85. The quantitative estimate of drug-likeness (QED) is 0.415. The summed E-state index contributed by atoms with van der Waals surface area (Å²) in [6.45, 7) is 6.03. The summed E-state index contributed by atoms with van der Waals surface area (Å²) in [7, 11) is 0. The van der Waals surface area contributed by atoms with E-state index in [9.17, 15) is 4.79 Å². The molecule has 0 fully saturated rings. The minimum atomic E-state index is -0.233. The second-order valence-corrected chi connectivity index (χ2v) is 2.00. The Balaban J connectivity index is 3.38. The van der Waals surface area contributed by atoms with Crippen molar-refractivity contribution in [1.82, 2.24) is 0 Å². The molecule has 0 saturated heterocycles. The minimum absolute atomic E-state index is 0.233. The van der Waals surface area contributed by atoms with Gasteiger partial charge in [0.25, 0.3) is 0 Å². The van der Waals surface area contributed by atoms with Gasteiger partial charge in [-0.1, -0.05) is 6.08 Å². The molecule has 0 N–H and O–H groups in total. The molecule has 0 radical (unpaired) electrons. The molecule has 0 aliphatic rings. The Morgan fingerprint density at radius 1 is 1.70 bits per heavy atom. The maximum Gasteiger partial charge on any atom is 0.148 e. The van der Waals surface area contributed by atoms with Gasteiger partial charge in [0.2, 0.25) is 0 Å². The molecule has 0 saturated carbocycles. The predicted octanol–water partition coefficient (Wildman–Crippen LogP) is 1.56. The molecule has 58 valence electrons. The second-order valence-electron chi connectivity index (χ2n) is 2.00. The minimum Gasteiger partial charge on any atom is -0.371 e. The fourth-order valence-corrected chi connectivity index (χ4v) is 0.687. The van der Waals surface area contributed by atoms with Crippen molar-refractivity contribution in [3.05, 3.63) is 12.7 Å². The number of aldehydes is 1. The smallest absolute Gasteiger partial charge is 0.148 e. The van der Waals surface area contributed by atoms with Gasteiger partial charge in [-0.05, 0) is 19.8 Å². The van der Waals surface area contributed by atoms with Gasteiger partial charge >= 0.3 is 0 Å². The molecule has 0 aliphatic carbocycles. The van der Waals surface area contributed by atoms with E-state index in [0.29, 0.717) is 6.61 Å². The zero-order valence-electron chi connectivity index (χ0n) is 6.38. The average Bonchev–Trinajstić information content (AvgIpc) is 1.98. The van der Waals surface area contributed by atoms with E-state index in [-0.39, 0.29) is 6.10 Å². The highest BCUT2D eigenvalue weighted by atomic mass is 16.5. The fourth-order valence-electron chi connectivity index (χ4n) is 0.687. The van der Waals surface area contributed by atoms with Gasteiger partial charge in [0, 0.05) is 6.61 Å². The van der Waals surface area contributed by atoms with Gasteiger partial charge < -0.3 is 9.53 Å². The molecule has 1 atom stereocenters. The highest BCUT2D eigenvalue weighted by Gasteiger charge is 2.03. The van der Waals surface area contributed by atoms with Gasteiger partial charge in [-0.25, -0.2) is 0 Å². The zero-order chi connectivity index (χ0) is 7.82. The van der Waals surface area contributed by atoms with Crippen molar-refractivity contribution in [2.24, 2.45) is 0 Å². The molecule has 0 aliphatic heterocycles. The lowest BCUT2D eigenvalue weighted by Crippen LogP contribution is -2.13. The van der Waals surface area contributed by atoms with E-state index < -0.39 is 0 Å². The van der Waals surface area contributed by atoms with Crippen LogP contribution in [0.2, 0.25) is 0 Å². The summed E-state index contributed by atoms with van der Waals surface area (Å²) in [4.78, 5) is 10.2. The van der Waals surface area contributed by atoms with E-state index in [2.05, 4.69) is 6.58 Å². The molecule has 10 heavy (non-hydrogen) atoms. The van der Waals surface area contributed by atoms with Crippen LogP contribution in [0.4, 0.5) is 0 Å². The Bertz CT molecular complexity index is 99.4. The Morgan fingerprint density at radius 2 is 2.40 bits per heavy atom. The Hall–Kier alpha value is -0.630. The molecular weight excluding hydrogens is 128 g/mol. The molecule has 0 rings (SSSR count). The molecular formula is C8H14O2.